The monoisotopic (exact) mass is 265 g/mol. The van der Waals surface area contributed by atoms with Gasteiger partial charge in [0.2, 0.25) is 0 Å². The van der Waals surface area contributed by atoms with E-state index in [1.807, 2.05) is 13.8 Å². The van der Waals surface area contributed by atoms with Crippen molar-refractivity contribution in [3.63, 3.8) is 0 Å². The predicted octanol–water partition coefficient (Wildman–Crippen LogP) is 2.34. The Morgan fingerprint density at radius 2 is 2.00 bits per heavy atom. The predicted molar refractivity (Wildman–Crippen MR) is 69.1 cm³/mol. The quantitative estimate of drug-likeness (QED) is 0.910. The summed E-state index contributed by atoms with van der Waals surface area (Å²) < 4.78 is 5.36. The van der Waals surface area contributed by atoms with Crippen LogP contribution in [0.2, 0.25) is 0 Å². The molecule has 2 rings (SSSR count). The molecule has 0 unspecified atom stereocenters. The van der Waals surface area contributed by atoms with Gasteiger partial charge in [0.05, 0.1) is 17.7 Å². The number of hydrogen-bond donors (Lipinski definition) is 1. The second-order valence-corrected chi connectivity index (χ2v) is 5.26. The van der Waals surface area contributed by atoms with Gasteiger partial charge >= 0.3 is 5.97 Å². The van der Waals surface area contributed by atoms with E-state index in [0.717, 1.165) is 0 Å². The molecule has 104 valence electrons. The molecule has 19 heavy (non-hydrogen) atoms. The van der Waals surface area contributed by atoms with E-state index in [-0.39, 0.29) is 17.7 Å². The minimum Gasteiger partial charge on any atom is -0.481 e. The Morgan fingerprint density at radius 1 is 1.37 bits per heavy atom. The highest BCUT2D eigenvalue weighted by Gasteiger charge is 2.29. The van der Waals surface area contributed by atoms with Crippen LogP contribution >= 0.6 is 0 Å². The van der Waals surface area contributed by atoms with Gasteiger partial charge in [0.1, 0.15) is 5.76 Å². The third-order valence-electron chi connectivity index (χ3n) is 3.58. The molecule has 1 aliphatic rings. The summed E-state index contributed by atoms with van der Waals surface area (Å²) in [5.41, 5.74) is 0.601. The van der Waals surface area contributed by atoms with Crippen molar-refractivity contribution >= 4 is 11.9 Å². The first-order chi connectivity index (χ1) is 9.00. The number of nitrogens with zero attached hydrogens (tertiary/aromatic N) is 1. The lowest BCUT2D eigenvalue weighted by Crippen LogP contribution is -2.40. The zero-order chi connectivity index (χ0) is 14.0. The Balaban J connectivity index is 2.05. The molecule has 0 bridgehead atoms. The zero-order valence-electron chi connectivity index (χ0n) is 11.3. The summed E-state index contributed by atoms with van der Waals surface area (Å²) in [6, 6.07) is 1.70. The van der Waals surface area contributed by atoms with Crippen LogP contribution in [0.5, 0.6) is 0 Å². The van der Waals surface area contributed by atoms with Gasteiger partial charge in [-0.05, 0) is 18.9 Å². The molecular weight excluding hydrogens is 246 g/mol. The Bertz CT molecular complexity index is 470. The number of piperidine rings is 1. The number of furan rings is 1. The minimum atomic E-state index is -0.765. The molecule has 0 spiro atoms. The zero-order valence-corrected chi connectivity index (χ0v) is 11.3. The highest BCUT2D eigenvalue weighted by Crippen LogP contribution is 2.24. The second-order valence-electron chi connectivity index (χ2n) is 5.26. The van der Waals surface area contributed by atoms with Gasteiger partial charge in [-0.3, -0.25) is 9.59 Å². The molecule has 1 N–H and O–H groups in total. The van der Waals surface area contributed by atoms with Gasteiger partial charge in [0.25, 0.3) is 5.91 Å². The number of amides is 1. The second kappa shape index (κ2) is 5.47. The highest BCUT2D eigenvalue weighted by atomic mass is 16.4. The molecule has 0 radical (unpaired) electrons. The van der Waals surface area contributed by atoms with E-state index in [2.05, 4.69) is 0 Å². The van der Waals surface area contributed by atoms with E-state index in [1.165, 1.54) is 6.26 Å². The van der Waals surface area contributed by atoms with Crippen LogP contribution in [0, 0.1) is 5.92 Å². The van der Waals surface area contributed by atoms with Crippen LogP contribution in [0.3, 0.4) is 0 Å². The minimum absolute atomic E-state index is 0.0544. The summed E-state index contributed by atoms with van der Waals surface area (Å²) in [4.78, 5) is 25.0. The van der Waals surface area contributed by atoms with Crippen molar-refractivity contribution in [2.45, 2.75) is 32.6 Å². The molecule has 1 fully saturated rings. The Labute approximate surface area is 112 Å². The fraction of sp³-hybridized carbons (Fsp3) is 0.571. The van der Waals surface area contributed by atoms with Crippen LogP contribution < -0.4 is 0 Å². The standard InChI is InChI=1S/C14H19NO4/c1-9(2)12-11(5-8-19-12)13(16)15-6-3-10(4-7-15)14(17)18/h5,8-10H,3-4,6-7H2,1-2H3,(H,17,18). The lowest BCUT2D eigenvalue weighted by atomic mass is 9.96. The van der Waals surface area contributed by atoms with E-state index in [1.54, 1.807) is 11.0 Å². The van der Waals surface area contributed by atoms with Crippen molar-refractivity contribution in [3.05, 3.63) is 23.7 Å². The topological polar surface area (TPSA) is 70.8 Å². The molecule has 1 aliphatic heterocycles. The van der Waals surface area contributed by atoms with Crippen molar-refractivity contribution in [2.75, 3.05) is 13.1 Å². The van der Waals surface area contributed by atoms with Crippen molar-refractivity contribution in [2.24, 2.45) is 5.92 Å². The summed E-state index contributed by atoms with van der Waals surface area (Å²) in [6.45, 7) is 4.95. The fourth-order valence-electron chi connectivity index (χ4n) is 2.44. The smallest absolute Gasteiger partial charge is 0.306 e. The average molecular weight is 265 g/mol. The van der Waals surface area contributed by atoms with Gasteiger partial charge < -0.3 is 14.4 Å². The normalized spacial score (nSPS) is 16.9. The van der Waals surface area contributed by atoms with Crippen LogP contribution in [0.15, 0.2) is 16.7 Å². The molecule has 1 aromatic heterocycles. The molecule has 5 heteroatoms. The van der Waals surface area contributed by atoms with E-state index in [4.69, 9.17) is 9.52 Å². The van der Waals surface area contributed by atoms with Crippen LogP contribution in [0.25, 0.3) is 0 Å². The van der Waals surface area contributed by atoms with Crippen molar-refractivity contribution in [3.8, 4) is 0 Å². The van der Waals surface area contributed by atoms with E-state index >= 15 is 0 Å². The molecule has 1 amide bonds. The molecular formula is C14H19NO4. The van der Waals surface area contributed by atoms with E-state index in [0.29, 0.717) is 37.3 Å². The highest BCUT2D eigenvalue weighted by molar-refractivity contribution is 5.95. The van der Waals surface area contributed by atoms with Gasteiger partial charge in [0, 0.05) is 19.0 Å². The maximum Gasteiger partial charge on any atom is 0.306 e. The van der Waals surface area contributed by atoms with Gasteiger partial charge in [-0.2, -0.15) is 0 Å². The van der Waals surface area contributed by atoms with Crippen LogP contribution in [-0.2, 0) is 4.79 Å². The molecule has 5 nitrogen and oxygen atoms in total. The average Bonchev–Trinajstić information content (AvgIpc) is 2.87. The van der Waals surface area contributed by atoms with Gasteiger partial charge in [0.15, 0.2) is 0 Å². The number of carbonyl (C=O) groups excluding carboxylic acids is 1. The number of carboxylic acids is 1. The van der Waals surface area contributed by atoms with Crippen molar-refractivity contribution < 1.29 is 19.1 Å². The molecule has 0 atom stereocenters. The van der Waals surface area contributed by atoms with Crippen molar-refractivity contribution in [1.82, 2.24) is 4.90 Å². The summed E-state index contributed by atoms with van der Waals surface area (Å²) in [7, 11) is 0. The molecule has 0 saturated carbocycles. The maximum atomic E-state index is 12.4. The third-order valence-corrected chi connectivity index (χ3v) is 3.58. The lowest BCUT2D eigenvalue weighted by Gasteiger charge is -2.30. The molecule has 1 aromatic rings. The maximum absolute atomic E-state index is 12.4. The van der Waals surface area contributed by atoms with Gasteiger partial charge in [-0.1, -0.05) is 13.8 Å². The Kier molecular flexibility index (Phi) is 3.93. The molecule has 0 aliphatic carbocycles. The first kappa shape index (κ1) is 13.6. The largest absolute Gasteiger partial charge is 0.481 e. The van der Waals surface area contributed by atoms with E-state index in [9.17, 15) is 9.59 Å². The summed E-state index contributed by atoms with van der Waals surface area (Å²) in [5.74, 6) is -0.284. The number of hydrogen-bond acceptors (Lipinski definition) is 3. The molecule has 0 aromatic carbocycles. The van der Waals surface area contributed by atoms with Crippen LogP contribution in [-0.4, -0.2) is 35.0 Å². The number of rotatable bonds is 3. The van der Waals surface area contributed by atoms with Crippen LogP contribution in [0.1, 0.15) is 48.7 Å². The molecule has 1 saturated heterocycles. The number of likely N-dealkylation sites (tertiary alicyclic amines) is 1. The first-order valence-corrected chi connectivity index (χ1v) is 6.60. The number of carboxylic acid groups (broad SMARTS) is 1. The molecule has 2 heterocycles. The summed E-state index contributed by atoms with van der Waals surface area (Å²) in [5, 5.41) is 8.95. The first-order valence-electron chi connectivity index (χ1n) is 6.60. The number of carbonyl (C=O) groups is 2. The lowest BCUT2D eigenvalue weighted by molar-refractivity contribution is -0.143. The Morgan fingerprint density at radius 3 is 2.53 bits per heavy atom. The summed E-state index contributed by atoms with van der Waals surface area (Å²) in [6.07, 6.45) is 2.58. The SMILES string of the molecule is CC(C)c1occc1C(=O)N1CCC(C(=O)O)CC1. The number of aliphatic carboxylic acids is 1. The van der Waals surface area contributed by atoms with E-state index < -0.39 is 5.97 Å². The fourth-order valence-corrected chi connectivity index (χ4v) is 2.44. The third kappa shape index (κ3) is 2.80. The van der Waals surface area contributed by atoms with Crippen molar-refractivity contribution in [1.29, 1.82) is 0 Å². The van der Waals surface area contributed by atoms with Gasteiger partial charge in [-0.15, -0.1) is 0 Å². The van der Waals surface area contributed by atoms with Gasteiger partial charge in [-0.25, -0.2) is 0 Å². The summed E-state index contributed by atoms with van der Waals surface area (Å²) >= 11 is 0. The Hall–Kier alpha value is -1.78. The van der Waals surface area contributed by atoms with Crippen LogP contribution in [0.4, 0.5) is 0 Å².